The molecule has 16 heavy (non-hydrogen) atoms. The van der Waals surface area contributed by atoms with Gasteiger partial charge < -0.3 is 9.64 Å². The minimum Gasteiger partial charge on any atom is -0.368 e. The van der Waals surface area contributed by atoms with Crippen molar-refractivity contribution in [3.05, 3.63) is 18.0 Å². The summed E-state index contributed by atoms with van der Waals surface area (Å²) in [6.07, 6.45) is 7.24. The Morgan fingerprint density at radius 1 is 1.31 bits per heavy atom. The maximum absolute atomic E-state index is 6.19. The maximum atomic E-state index is 6.19. The summed E-state index contributed by atoms with van der Waals surface area (Å²) < 4.78 is 8.03. The van der Waals surface area contributed by atoms with Crippen LogP contribution in [0.2, 0.25) is 0 Å². The molecule has 1 saturated carbocycles. The lowest BCUT2D eigenvalue weighted by Gasteiger charge is -2.36. The third kappa shape index (κ3) is 1.76. The Balaban J connectivity index is 1.79. The third-order valence-electron chi connectivity index (χ3n) is 3.81. The molecule has 2 heterocycles. The van der Waals surface area contributed by atoms with Gasteiger partial charge in [-0.25, -0.2) is 0 Å². The average molecular weight is 221 g/mol. The molecule has 2 fully saturated rings. The monoisotopic (exact) mass is 221 g/mol. The van der Waals surface area contributed by atoms with Gasteiger partial charge in [-0.2, -0.15) is 5.10 Å². The van der Waals surface area contributed by atoms with Crippen molar-refractivity contribution in [2.75, 3.05) is 20.1 Å². The van der Waals surface area contributed by atoms with E-state index in [1.54, 1.807) is 0 Å². The van der Waals surface area contributed by atoms with Crippen LogP contribution in [-0.2, 0) is 11.8 Å². The van der Waals surface area contributed by atoms with Crippen molar-refractivity contribution < 1.29 is 4.74 Å². The molecule has 4 nitrogen and oxygen atoms in total. The van der Waals surface area contributed by atoms with Crippen LogP contribution in [0.1, 0.15) is 24.5 Å². The van der Waals surface area contributed by atoms with Gasteiger partial charge in [-0.15, -0.1) is 0 Å². The van der Waals surface area contributed by atoms with Crippen molar-refractivity contribution in [3.8, 4) is 0 Å². The predicted octanol–water partition coefficient (Wildman–Crippen LogP) is 1.20. The minimum atomic E-state index is 0.203. The standard InChI is InChI=1S/C12H19N3O/c1-14-6-9-3-4-11(9)16-12(8-14)10-5-13-15(2)7-10/h5,7,9,11-12H,3-4,6,8H2,1-2H3/t9?,11?,12-/m1/s1. The molecule has 4 heteroatoms. The van der Waals surface area contributed by atoms with Gasteiger partial charge in [0.2, 0.25) is 0 Å². The highest BCUT2D eigenvalue weighted by atomic mass is 16.5. The van der Waals surface area contributed by atoms with E-state index < -0.39 is 0 Å². The fourth-order valence-corrected chi connectivity index (χ4v) is 2.73. The van der Waals surface area contributed by atoms with E-state index >= 15 is 0 Å². The number of hydrogen-bond donors (Lipinski definition) is 0. The van der Waals surface area contributed by atoms with Gasteiger partial charge in [0, 0.05) is 31.9 Å². The van der Waals surface area contributed by atoms with Crippen molar-refractivity contribution in [1.82, 2.24) is 14.7 Å². The van der Waals surface area contributed by atoms with Crippen LogP contribution in [0.15, 0.2) is 12.4 Å². The minimum absolute atomic E-state index is 0.203. The summed E-state index contributed by atoms with van der Waals surface area (Å²) in [6, 6.07) is 0. The molecule has 0 aromatic carbocycles. The molecule has 0 spiro atoms. The lowest BCUT2D eigenvalue weighted by molar-refractivity contribution is -0.0720. The molecule has 2 unspecified atom stereocenters. The van der Waals surface area contributed by atoms with Gasteiger partial charge in [-0.05, 0) is 25.8 Å². The predicted molar refractivity (Wildman–Crippen MR) is 61.0 cm³/mol. The first-order valence-corrected chi connectivity index (χ1v) is 6.05. The van der Waals surface area contributed by atoms with Crippen molar-refractivity contribution >= 4 is 0 Å². The molecule has 88 valence electrons. The maximum Gasteiger partial charge on any atom is 0.0985 e. The van der Waals surface area contributed by atoms with Crippen molar-refractivity contribution in [1.29, 1.82) is 0 Å². The summed E-state index contributed by atoms with van der Waals surface area (Å²) in [7, 11) is 4.14. The fraction of sp³-hybridized carbons (Fsp3) is 0.750. The summed E-state index contributed by atoms with van der Waals surface area (Å²) >= 11 is 0. The highest BCUT2D eigenvalue weighted by molar-refractivity contribution is 5.10. The number of aromatic nitrogens is 2. The molecule has 0 radical (unpaired) electrons. The molecule has 1 saturated heterocycles. The molecular weight excluding hydrogens is 202 g/mol. The number of rotatable bonds is 1. The topological polar surface area (TPSA) is 30.3 Å². The lowest BCUT2D eigenvalue weighted by Crippen LogP contribution is -2.37. The number of nitrogens with zero attached hydrogens (tertiary/aromatic N) is 3. The molecule has 0 amide bonds. The van der Waals surface area contributed by atoms with Crippen molar-refractivity contribution in [2.45, 2.75) is 25.0 Å². The summed E-state index contributed by atoms with van der Waals surface area (Å²) in [5, 5.41) is 4.23. The van der Waals surface area contributed by atoms with Crippen LogP contribution in [0.5, 0.6) is 0 Å². The van der Waals surface area contributed by atoms with Gasteiger partial charge in [0.15, 0.2) is 0 Å². The highest BCUT2D eigenvalue weighted by Crippen LogP contribution is 2.37. The molecule has 1 aliphatic heterocycles. The largest absolute Gasteiger partial charge is 0.368 e. The van der Waals surface area contributed by atoms with E-state index in [2.05, 4.69) is 23.2 Å². The lowest BCUT2D eigenvalue weighted by atomic mass is 9.82. The zero-order valence-electron chi connectivity index (χ0n) is 9.97. The first-order valence-electron chi connectivity index (χ1n) is 6.05. The van der Waals surface area contributed by atoms with Crippen LogP contribution in [-0.4, -0.2) is 40.9 Å². The van der Waals surface area contributed by atoms with Gasteiger partial charge in [0.25, 0.3) is 0 Å². The first-order chi connectivity index (χ1) is 7.72. The Morgan fingerprint density at radius 2 is 2.19 bits per heavy atom. The number of ether oxygens (including phenoxy) is 1. The van der Waals surface area contributed by atoms with E-state index in [0.29, 0.717) is 6.10 Å². The van der Waals surface area contributed by atoms with Crippen molar-refractivity contribution in [3.63, 3.8) is 0 Å². The highest BCUT2D eigenvalue weighted by Gasteiger charge is 2.38. The second-order valence-electron chi connectivity index (χ2n) is 5.17. The Bertz CT molecular complexity index is 376. The number of aryl methyl sites for hydroxylation is 1. The number of hydrogen-bond acceptors (Lipinski definition) is 3. The summed E-state index contributed by atoms with van der Waals surface area (Å²) in [5.74, 6) is 0.756. The Kier molecular flexibility index (Phi) is 2.48. The first kappa shape index (κ1) is 10.3. The summed E-state index contributed by atoms with van der Waals surface area (Å²) in [5.41, 5.74) is 1.21. The molecule has 3 rings (SSSR count). The quantitative estimate of drug-likeness (QED) is 0.714. The van der Waals surface area contributed by atoms with Crippen LogP contribution in [0.4, 0.5) is 0 Å². The summed E-state index contributed by atoms with van der Waals surface area (Å²) in [4.78, 5) is 2.39. The number of likely N-dealkylation sites (N-methyl/N-ethyl adjacent to an activating group) is 1. The van der Waals surface area contributed by atoms with Crippen LogP contribution in [0.25, 0.3) is 0 Å². The molecule has 0 N–H and O–H groups in total. The van der Waals surface area contributed by atoms with E-state index in [4.69, 9.17) is 4.74 Å². The van der Waals surface area contributed by atoms with E-state index in [1.165, 1.54) is 24.9 Å². The molecule has 1 aromatic rings. The Morgan fingerprint density at radius 3 is 2.81 bits per heavy atom. The SMILES string of the molecule is CN1CC2CCC2O[C@@H](c2cnn(C)c2)C1. The Labute approximate surface area is 96.2 Å². The molecule has 1 aromatic heterocycles. The molecule has 2 aliphatic rings. The van der Waals surface area contributed by atoms with Crippen LogP contribution in [0, 0.1) is 5.92 Å². The average Bonchev–Trinajstić information content (AvgIpc) is 2.61. The number of fused-ring (bicyclic) bond motifs is 1. The fourth-order valence-electron chi connectivity index (χ4n) is 2.73. The van der Waals surface area contributed by atoms with Crippen molar-refractivity contribution in [2.24, 2.45) is 13.0 Å². The second-order valence-corrected chi connectivity index (χ2v) is 5.17. The van der Waals surface area contributed by atoms with Crippen LogP contribution >= 0.6 is 0 Å². The smallest absolute Gasteiger partial charge is 0.0985 e. The van der Waals surface area contributed by atoms with Gasteiger partial charge in [0.05, 0.1) is 18.4 Å². The molecular formula is C12H19N3O. The summed E-state index contributed by atoms with van der Waals surface area (Å²) in [6.45, 7) is 2.17. The van der Waals surface area contributed by atoms with E-state index in [1.807, 2.05) is 17.9 Å². The third-order valence-corrected chi connectivity index (χ3v) is 3.81. The van der Waals surface area contributed by atoms with Gasteiger partial charge in [-0.3, -0.25) is 4.68 Å². The van der Waals surface area contributed by atoms with Gasteiger partial charge in [-0.1, -0.05) is 0 Å². The van der Waals surface area contributed by atoms with E-state index in [-0.39, 0.29) is 6.10 Å². The zero-order valence-corrected chi connectivity index (χ0v) is 9.97. The molecule has 0 bridgehead atoms. The van der Waals surface area contributed by atoms with E-state index in [0.717, 1.165) is 12.5 Å². The van der Waals surface area contributed by atoms with E-state index in [9.17, 15) is 0 Å². The van der Waals surface area contributed by atoms with Gasteiger partial charge >= 0.3 is 0 Å². The normalized spacial score (nSPS) is 35.2. The second kappa shape index (κ2) is 3.86. The zero-order chi connectivity index (χ0) is 11.1. The van der Waals surface area contributed by atoms with Crippen LogP contribution < -0.4 is 0 Å². The van der Waals surface area contributed by atoms with Gasteiger partial charge in [0.1, 0.15) is 0 Å². The Hall–Kier alpha value is -0.870. The molecule has 3 atom stereocenters. The van der Waals surface area contributed by atoms with Crippen LogP contribution in [0.3, 0.4) is 0 Å². The molecule has 1 aliphatic carbocycles.